The Labute approximate surface area is 161 Å². The van der Waals surface area contributed by atoms with Crippen molar-refractivity contribution in [3.05, 3.63) is 59.4 Å². The zero-order valence-corrected chi connectivity index (χ0v) is 16.6. The fraction of sp³-hybridized carbons (Fsp3) is 0.375. The molecule has 0 aliphatic carbocycles. The van der Waals surface area contributed by atoms with E-state index in [2.05, 4.69) is 44.3 Å². The van der Waals surface area contributed by atoms with Gasteiger partial charge in [0, 0.05) is 22.9 Å². The topological polar surface area (TPSA) is 42.2 Å². The number of carbonyl (C=O) groups is 1. The van der Waals surface area contributed by atoms with Crippen LogP contribution in [-0.2, 0) is 0 Å². The molecule has 1 amide bonds. The Hall–Kier alpha value is -2.55. The Bertz CT molecular complexity index is 906. The summed E-state index contributed by atoms with van der Waals surface area (Å²) < 4.78 is 6.09. The summed E-state index contributed by atoms with van der Waals surface area (Å²) in [7, 11) is 0. The monoisotopic (exact) mass is 363 g/mol. The SMILES string of the molecule is CCCCCCCNC(=O)c1oc(-c2ccc(C)cc2)c2cc(C)ccc12. The zero-order valence-electron chi connectivity index (χ0n) is 16.6. The van der Waals surface area contributed by atoms with E-state index in [0.717, 1.165) is 40.5 Å². The maximum absolute atomic E-state index is 12.7. The van der Waals surface area contributed by atoms with Crippen molar-refractivity contribution in [3.8, 4) is 11.3 Å². The highest BCUT2D eigenvalue weighted by Gasteiger charge is 2.20. The van der Waals surface area contributed by atoms with Gasteiger partial charge in [0.15, 0.2) is 5.76 Å². The van der Waals surface area contributed by atoms with Gasteiger partial charge in [0.2, 0.25) is 0 Å². The molecule has 1 aromatic heterocycles. The number of benzene rings is 2. The summed E-state index contributed by atoms with van der Waals surface area (Å²) in [4.78, 5) is 12.7. The van der Waals surface area contributed by atoms with E-state index in [9.17, 15) is 4.79 Å². The van der Waals surface area contributed by atoms with Gasteiger partial charge in [0.05, 0.1) is 0 Å². The summed E-state index contributed by atoms with van der Waals surface area (Å²) in [5.41, 5.74) is 3.35. The van der Waals surface area contributed by atoms with Crippen molar-refractivity contribution in [3.63, 3.8) is 0 Å². The van der Waals surface area contributed by atoms with E-state index in [-0.39, 0.29) is 5.91 Å². The van der Waals surface area contributed by atoms with Gasteiger partial charge in [0.1, 0.15) is 5.76 Å². The van der Waals surface area contributed by atoms with Crippen molar-refractivity contribution in [2.24, 2.45) is 0 Å². The molecule has 0 atom stereocenters. The van der Waals surface area contributed by atoms with Gasteiger partial charge >= 0.3 is 0 Å². The second-order valence-corrected chi connectivity index (χ2v) is 7.35. The molecule has 3 aromatic rings. The van der Waals surface area contributed by atoms with Crippen LogP contribution in [0.25, 0.3) is 22.1 Å². The van der Waals surface area contributed by atoms with Gasteiger partial charge in [-0.2, -0.15) is 0 Å². The molecule has 0 radical (unpaired) electrons. The molecule has 3 rings (SSSR count). The van der Waals surface area contributed by atoms with Crippen LogP contribution < -0.4 is 5.32 Å². The Balaban J connectivity index is 1.83. The molecule has 0 saturated heterocycles. The van der Waals surface area contributed by atoms with Crippen LogP contribution in [0, 0.1) is 13.8 Å². The van der Waals surface area contributed by atoms with Gasteiger partial charge in [-0.15, -0.1) is 0 Å². The second-order valence-electron chi connectivity index (χ2n) is 7.35. The largest absolute Gasteiger partial charge is 0.450 e. The number of hydrogen-bond acceptors (Lipinski definition) is 2. The van der Waals surface area contributed by atoms with Gasteiger partial charge in [0.25, 0.3) is 5.91 Å². The number of unbranched alkanes of at least 4 members (excludes halogenated alkanes) is 4. The van der Waals surface area contributed by atoms with Crippen molar-refractivity contribution in [2.75, 3.05) is 6.54 Å². The molecule has 0 aliphatic heterocycles. The molecular weight excluding hydrogens is 334 g/mol. The zero-order chi connectivity index (χ0) is 19.2. The van der Waals surface area contributed by atoms with Crippen LogP contribution in [0.1, 0.15) is 60.7 Å². The molecule has 2 aromatic carbocycles. The second kappa shape index (κ2) is 8.90. The summed E-state index contributed by atoms with van der Waals surface area (Å²) in [5.74, 6) is 1.05. The fourth-order valence-electron chi connectivity index (χ4n) is 3.35. The minimum atomic E-state index is -0.127. The predicted molar refractivity (Wildman–Crippen MR) is 112 cm³/mol. The summed E-state index contributed by atoms with van der Waals surface area (Å²) in [6.45, 7) is 7.02. The number of carbonyl (C=O) groups excluding carboxylic acids is 1. The van der Waals surface area contributed by atoms with Gasteiger partial charge in [-0.25, -0.2) is 0 Å². The Morgan fingerprint density at radius 3 is 2.33 bits per heavy atom. The maximum Gasteiger partial charge on any atom is 0.287 e. The highest BCUT2D eigenvalue weighted by Crippen LogP contribution is 2.34. The summed E-state index contributed by atoms with van der Waals surface area (Å²) in [6, 6.07) is 14.3. The molecule has 0 unspecified atom stereocenters. The molecule has 1 N–H and O–H groups in total. The van der Waals surface area contributed by atoms with Crippen molar-refractivity contribution < 1.29 is 9.21 Å². The first kappa shape index (κ1) is 19.2. The number of hydrogen-bond donors (Lipinski definition) is 1. The summed E-state index contributed by atoms with van der Waals surface area (Å²) >= 11 is 0. The third-order valence-electron chi connectivity index (χ3n) is 4.95. The number of fused-ring (bicyclic) bond motifs is 1. The van der Waals surface area contributed by atoms with Crippen molar-refractivity contribution in [2.45, 2.75) is 52.9 Å². The predicted octanol–water partition coefficient (Wildman–Crippen LogP) is 6.42. The van der Waals surface area contributed by atoms with Crippen LogP contribution in [0.15, 0.2) is 46.9 Å². The first-order chi connectivity index (χ1) is 13.1. The number of furan rings is 1. The van der Waals surface area contributed by atoms with Crippen LogP contribution in [-0.4, -0.2) is 12.5 Å². The minimum Gasteiger partial charge on any atom is -0.450 e. The van der Waals surface area contributed by atoms with Crippen LogP contribution >= 0.6 is 0 Å². The molecule has 0 aliphatic rings. The van der Waals surface area contributed by atoms with E-state index in [1.807, 2.05) is 24.3 Å². The quantitative estimate of drug-likeness (QED) is 0.469. The number of nitrogens with one attached hydrogen (secondary N) is 1. The molecule has 142 valence electrons. The van der Waals surface area contributed by atoms with E-state index >= 15 is 0 Å². The lowest BCUT2D eigenvalue weighted by molar-refractivity contribution is 0.0928. The Morgan fingerprint density at radius 2 is 1.59 bits per heavy atom. The molecule has 3 nitrogen and oxygen atoms in total. The standard InChI is InChI=1S/C24H29NO2/c1-4-5-6-7-8-15-25-24(26)23-20-14-11-18(3)16-21(20)22(27-23)19-12-9-17(2)10-13-19/h9-14,16H,4-8,15H2,1-3H3,(H,25,26). The van der Waals surface area contributed by atoms with Gasteiger partial charge in [-0.1, -0.05) is 80.1 Å². The average Bonchev–Trinajstić information content (AvgIpc) is 3.04. The molecule has 3 heteroatoms. The first-order valence-electron chi connectivity index (χ1n) is 9.98. The van der Waals surface area contributed by atoms with Crippen molar-refractivity contribution in [1.29, 1.82) is 0 Å². The number of aryl methyl sites for hydroxylation is 2. The van der Waals surface area contributed by atoms with Gasteiger partial charge in [-0.3, -0.25) is 4.79 Å². The van der Waals surface area contributed by atoms with E-state index in [1.54, 1.807) is 0 Å². The molecule has 0 saturated carbocycles. The van der Waals surface area contributed by atoms with E-state index in [1.165, 1.54) is 24.8 Å². The molecule has 0 fully saturated rings. The molecule has 1 heterocycles. The van der Waals surface area contributed by atoms with Crippen molar-refractivity contribution >= 4 is 16.7 Å². The third-order valence-corrected chi connectivity index (χ3v) is 4.95. The van der Waals surface area contributed by atoms with Crippen LogP contribution in [0.3, 0.4) is 0 Å². The van der Waals surface area contributed by atoms with E-state index in [4.69, 9.17) is 4.42 Å². The lowest BCUT2D eigenvalue weighted by atomic mass is 10.0. The van der Waals surface area contributed by atoms with Gasteiger partial charge < -0.3 is 9.73 Å². The normalized spacial score (nSPS) is 11.1. The van der Waals surface area contributed by atoms with Crippen LogP contribution in [0.5, 0.6) is 0 Å². The molecule has 27 heavy (non-hydrogen) atoms. The molecule has 0 spiro atoms. The molecular formula is C24H29NO2. The minimum absolute atomic E-state index is 0.127. The first-order valence-corrected chi connectivity index (χ1v) is 9.98. The summed E-state index contributed by atoms with van der Waals surface area (Å²) in [5, 5.41) is 4.89. The lowest BCUT2D eigenvalue weighted by Crippen LogP contribution is -2.24. The molecule has 0 bridgehead atoms. The average molecular weight is 364 g/mol. The Kier molecular flexibility index (Phi) is 6.33. The van der Waals surface area contributed by atoms with Gasteiger partial charge in [-0.05, 0) is 26.3 Å². The van der Waals surface area contributed by atoms with E-state index < -0.39 is 0 Å². The lowest BCUT2D eigenvalue weighted by Gasteiger charge is -2.03. The van der Waals surface area contributed by atoms with Crippen LogP contribution in [0.2, 0.25) is 0 Å². The van der Waals surface area contributed by atoms with Crippen LogP contribution in [0.4, 0.5) is 0 Å². The highest BCUT2D eigenvalue weighted by atomic mass is 16.4. The third kappa shape index (κ3) is 4.60. The number of amides is 1. The Morgan fingerprint density at radius 1 is 0.889 bits per heavy atom. The smallest absolute Gasteiger partial charge is 0.287 e. The van der Waals surface area contributed by atoms with E-state index in [0.29, 0.717) is 12.3 Å². The summed E-state index contributed by atoms with van der Waals surface area (Å²) in [6.07, 6.45) is 5.88. The maximum atomic E-state index is 12.7. The van der Waals surface area contributed by atoms with Crippen molar-refractivity contribution in [1.82, 2.24) is 5.32 Å². The number of rotatable bonds is 8. The fourth-order valence-corrected chi connectivity index (χ4v) is 3.35. The highest BCUT2D eigenvalue weighted by molar-refractivity contribution is 6.09.